The lowest BCUT2D eigenvalue weighted by Gasteiger charge is -2.46. The predicted molar refractivity (Wildman–Crippen MR) is 125 cm³/mol. The number of hydrogen-bond acceptors (Lipinski definition) is 5. The van der Waals surface area contributed by atoms with E-state index in [1.165, 1.54) is 12.1 Å². The van der Waals surface area contributed by atoms with Crippen molar-refractivity contribution in [1.82, 2.24) is 14.7 Å². The number of amides is 1. The van der Waals surface area contributed by atoms with Crippen molar-refractivity contribution < 1.29 is 19.4 Å². The highest BCUT2D eigenvalue weighted by Gasteiger charge is 2.43. The minimum atomic E-state index is -1.32. The Morgan fingerprint density at radius 1 is 0.939 bits per heavy atom. The molecule has 0 aliphatic carbocycles. The van der Waals surface area contributed by atoms with Gasteiger partial charge in [0, 0.05) is 52.2 Å². The summed E-state index contributed by atoms with van der Waals surface area (Å²) in [4.78, 5) is 19.0. The summed E-state index contributed by atoms with van der Waals surface area (Å²) < 4.78 is 13.1. The largest absolute Gasteiger partial charge is 0.390 e. The van der Waals surface area contributed by atoms with Gasteiger partial charge in [-0.3, -0.25) is 14.6 Å². The molecule has 1 amide bonds. The molecular weight excluding hydrogens is 421 g/mol. The molecule has 2 aliphatic heterocycles. The molecule has 7 heteroatoms. The van der Waals surface area contributed by atoms with Crippen LogP contribution in [-0.4, -0.2) is 88.3 Å². The van der Waals surface area contributed by atoms with Crippen LogP contribution in [0.3, 0.4) is 0 Å². The van der Waals surface area contributed by atoms with E-state index in [9.17, 15) is 19.4 Å². The van der Waals surface area contributed by atoms with Crippen LogP contribution >= 0.6 is 0 Å². The van der Waals surface area contributed by atoms with Gasteiger partial charge in [-0.15, -0.1) is 0 Å². The number of aliphatic hydroxyl groups is 2. The molecule has 2 heterocycles. The average molecular weight is 456 g/mol. The Labute approximate surface area is 195 Å². The van der Waals surface area contributed by atoms with E-state index >= 15 is 0 Å². The zero-order valence-corrected chi connectivity index (χ0v) is 19.1. The summed E-state index contributed by atoms with van der Waals surface area (Å²) in [5, 5.41) is 21.9. The predicted octanol–water partition coefficient (Wildman–Crippen LogP) is 1.90. The topological polar surface area (TPSA) is 67.2 Å². The smallest absolute Gasteiger partial charge is 0.223 e. The first kappa shape index (κ1) is 23.8. The van der Waals surface area contributed by atoms with Crippen LogP contribution in [0.4, 0.5) is 4.39 Å². The van der Waals surface area contributed by atoms with Gasteiger partial charge in [-0.1, -0.05) is 42.5 Å². The molecule has 178 valence electrons. The average Bonchev–Trinajstić information content (AvgIpc) is 2.83. The van der Waals surface area contributed by atoms with Gasteiger partial charge in [0.25, 0.3) is 0 Å². The second-order valence-electron chi connectivity index (χ2n) is 9.39. The Balaban J connectivity index is 1.26. The highest BCUT2D eigenvalue weighted by molar-refractivity contribution is 5.76. The molecule has 0 aromatic heterocycles. The maximum atomic E-state index is 13.1. The Morgan fingerprint density at radius 3 is 2.30 bits per heavy atom. The number of nitrogens with zero attached hydrogens (tertiary/aromatic N) is 3. The fourth-order valence-electron chi connectivity index (χ4n) is 4.82. The van der Waals surface area contributed by atoms with Crippen molar-refractivity contribution in [2.45, 2.75) is 37.5 Å². The first-order chi connectivity index (χ1) is 15.9. The van der Waals surface area contributed by atoms with Crippen molar-refractivity contribution in [3.8, 4) is 0 Å². The maximum absolute atomic E-state index is 13.1. The first-order valence-corrected chi connectivity index (χ1v) is 11.8. The van der Waals surface area contributed by atoms with Crippen LogP contribution in [0.25, 0.3) is 0 Å². The van der Waals surface area contributed by atoms with E-state index in [-0.39, 0.29) is 18.3 Å². The van der Waals surface area contributed by atoms with Crippen LogP contribution in [0.2, 0.25) is 0 Å². The monoisotopic (exact) mass is 455 g/mol. The third-order valence-corrected chi connectivity index (χ3v) is 6.86. The zero-order valence-electron chi connectivity index (χ0n) is 19.1. The van der Waals surface area contributed by atoms with E-state index in [2.05, 4.69) is 9.80 Å². The molecule has 2 atom stereocenters. The lowest BCUT2D eigenvalue weighted by Crippen LogP contribution is -2.64. The molecule has 0 radical (unpaired) electrons. The zero-order chi connectivity index (χ0) is 23.3. The molecule has 33 heavy (non-hydrogen) atoms. The fourth-order valence-corrected chi connectivity index (χ4v) is 4.82. The van der Waals surface area contributed by atoms with Crippen molar-refractivity contribution in [2.24, 2.45) is 0 Å². The van der Waals surface area contributed by atoms with E-state index in [4.69, 9.17) is 0 Å². The lowest BCUT2D eigenvalue weighted by atomic mass is 9.88. The number of piperidine rings is 1. The molecule has 2 aromatic carbocycles. The fraction of sp³-hybridized carbons (Fsp3) is 0.500. The highest BCUT2D eigenvalue weighted by Crippen LogP contribution is 2.25. The van der Waals surface area contributed by atoms with E-state index in [0.29, 0.717) is 32.4 Å². The second kappa shape index (κ2) is 10.7. The molecule has 2 fully saturated rings. The number of carbonyl (C=O) groups excluding carboxylic acids is 1. The van der Waals surface area contributed by atoms with Gasteiger partial charge in [-0.25, -0.2) is 4.39 Å². The van der Waals surface area contributed by atoms with Crippen LogP contribution in [0.1, 0.15) is 24.0 Å². The van der Waals surface area contributed by atoms with Crippen LogP contribution in [0.15, 0.2) is 54.6 Å². The summed E-state index contributed by atoms with van der Waals surface area (Å²) in [6, 6.07) is 16.5. The number of benzene rings is 2. The van der Waals surface area contributed by atoms with Gasteiger partial charge >= 0.3 is 0 Å². The Kier molecular flexibility index (Phi) is 7.75. The molecule has 4 rings (SSSR count). The number of carbonyl (C=O) groups is 1. The number of piperazine rings is 1. The van der Waals surface area contributed by atoms with Gasteiger partial charge in [0.15, 0.2) is 0 Å². The van der Waals surface area contributed by atoms with E-state index in [1.54, 1.807) is 4.90 Å². The summed E-state index contributed by atoms with van der Waals surface area (Å²) in [7, 11) is 0. The summed E-state index contributed by atoms with van der Waals surface area (Å²) in [5.41, 5.74) is 0.882. The van der Waals surface area contributed by atoms with Crippen LogP contribution in [-0.2, 0) is 17.8 Å². The van der Waals surface area contributed by atoms with Gasteiger partial charge in [0.05, 0.1) is 12.6 Å². The van der Waals surface area contributed by atoms with E-state index in [1.807, 2.05) is 42.5 Å². The molecule has 2 aromatic rings. The van der Waals surface area contributed by atoms with E-state index < -0.39 is 11.7 Å². The van der Waals surface area contributed by atoms with Crippen LogP contribution in [0.5, 0.6) is 0 Å². The van der Waals surface area contributed by atoms with Gasteiger partial charge < -0.3 is 15.1 Å². The first-order valence-electron chi connectivity index (χ1n) is 11.8. The number of aliphatic hydroxyl groups excluding tert-OH is 1. The van der Waals surface area contributed by atoms with Gasteiger partial charge in [-0.05, 0) is 36.1 Å². The third kappa shape index (κ3) is 6.38. The van der Waals surface area contributed by atoms with Crippen molar-refractivity contribution in [1.29, 1.82) is 0 Å². The Hall–Kier alpha value is -2.32. The van der Waals surface area contributed by atoms with Crippen molar-refractivity contribution in [3.05, 3.63) is 71.5 Å². The number of aryl methyl sites for hydroxylation is 1. The number of halogens is 1. The molecule has 2 aliphatic rings. The number of likely N-dealkylation sites (tertiary alicyclic amines) is 1. The molecule has 2 saturated heterocycles. The van der Waals surface area contributed by atoms with Crippen molar-refractivity contribution >= 4 is 5.91 Å². The molecule has 0 spiro atoms. The molecule has 0 bridgehead atoms. The maximum Gasteiger partial charge on any atom is 0.223 e. The van der Waals surface area contributed by atoms with Gasteiger partial charge in [0.2, 0.25) is 5.91 Å². The molecule has 0 unspecified atom stereocenters. The van der Waals surface area contributed by atoms with Crippen molar-refractivity contribution in [2.75, 3.05) is 45.8 Å². The Bertz CT molecular complexity index is 903. The number of rotatable bonds is 7. The number of hydrogen-bond donors (Lipinski definition) is 2. The molecule has 2 N–H and O–H groups in total. The quantitative estimate of drug-likeness (QED) is 0.668. The van der Waals surface area contributed by atoms with Crippen LogP contribution < -0.4 is 0 Å². The second-order valence-corrected chi connectivity index (χ2v) is 9.39. The minimum Gasteiger partial charge on any atom is -0.390 e. The minimum absolute atomic E-state index is 0.0216. The van der Waals surface area contributed by atoms with Crippen LogP contribution in [0, 0.1) is 5.82 Å². The summed E-state index contributed by atoms with van der Waals surface area (Å²) >= 11 is 0. The standard InChI is InChI=1S/C26H34FN3O3/c27-23-9-6-22(7-10-23)18-28-14-16-29(17-15-28)19-26(33)20-30(13-12-24(26)31)25(32)11-8-21-4-2-1-3-5-21/h1-7,9-10,24,31,33H,8,11-20H2/t24-,26+/m1/s1. The van der Waals surface area contributed by atoms with Gasteiger partial charge in [-0.2, -0.15) is 0 Å². The summed E-state index contributed by atoms with van der Waals surface area (Å²) in [6.07, 6.45) is 0.622. The summed E-state index contributed by atoms with van der Waals surface area (Å²) in [5.74, 6) is -0.205. The molecule has 0 saturated carbocycles. The summed E-state index contributed by atoms with van der Waals surface area (Å²) in [6.45, 7) is 4.98. The van der Waals surface area contributed by atoms with E-state index in [0.717, 1.165) is 43.9 Å². The SMILES string of the molecule is O=C(CCc1ccccc1)N1CC[C@@H](O)[C@](O)(CN2CCN(Cc3ccc(F)cc3)CC2)C1. The van der Waals surface area contributed by atoms with Gasteiger partial charge in [0.1, 0.15) is 11.4 Å². The lowest BCUT2D eigenvalue weighted by molar-refractivity contribution is -0.157. The highest BCUT2D eigenvalue weighted by atomic mass is 19.1. The Morgan fingerprint density at radius 2 is 1.61 bits per heavy atom. The molecule has 6 nitrogen and oxygen atoms in total. The van der Waals surface area contributed by atoms with Crippen molar-refractivity contribution in [3.63, 3.8) is 0 Å². The third-order valence-electron chi connectivity index (χ3n) is 6.86. The number of β-amino-alcohol motifs (C(OH)–C–C–N with tert-alkyl or cyclic N) is 1. The molecular formula is C26H34FN3O3. The normalized spacial score (nSPS) is 24.7.